The Morgan fingerprint density at radius 1 is 1.00 bits per heavy atom. The number of nitrogens with one attached hydrogen (secondary N) is 1. The van der Waals surface area contributed by atoms with Crippen molar-refractivity contribution in [3.8, 4) is 11.1 Å². The number of nitrogens with zero attached hydrogens (tertiary/aromatic N) is 2. The lowest BCUT2D eigenvalue weighted by atomic mass is 10.0. The van der Waals surface area contributed by atoms with Crippen molar-refractivity contribution in [2.24, 2.45) is 0 Å². The van der Waals surface area contributed by atoms with E-state index in [1.807, 2.05) is 6.07 Å². The number of aryl methyl sites for hydroxylation is 1. The van der Waals surface area contributed by atoms with Crippen LogP contribution in [0.3, 0.4) is 0 Å². The van der Waals surface area contributed by atoms with Crippen molar-refractivity contribution in [3.05, 3.63) is 75.4 Å². The summed E-state index contributed by atoms with van der Waals surface area (Å²) in [7, 11) is -3.98. The lowest BCUT2D eigenvalue weighted by molar-refractivity contribution is 0.601. The number of anilines is 2. The number of fused-ring (bicyclic) bond motifs is 1. The summed E-state index contributed by atoms with van der Waals surface area (Å²) >= 11 is 19.2. The van der Waals surface area contributed by atoms with E-state index in [1.165, 1.54) is 12.1 Å². The van der Waals surface area contributed by atoms with E-state index in [2.05, 4.69) is 14.7 Å². The van der Waals surface area contributed by atoms with Crippen molar-refractivity contribution in [2.45, 2.75) is 11.8 Å². The first-order chi connectivity index (χ1) is 14.7. The highest BCUT2D eigenvalue weighted by atomic mass is 35.5. The average Bonchev–Trinajstić information content (AvgIpc) is 2.71. The van der Waals surface area contributed by atoms with Gasteiger partial charge >= 0.3 is 0 Å². The molecule has 0 aliphatic carbocycles. The Bertz CT molecular complexity index is 1440. The Labute approximate surface area is 194 Å². The van der Waals surface area contributed by atoms with E-state index in [-0.39, 0.29) is 26.6 Å². The molecular formula is C21H15Cl3N4O2S. The number of benzene rings is 3. The highest BCUT2D eigenvalue weighted by molar-refractivity contribution is 7.92. The van der Waals surface area contributed by atoms with Gasteiger partial charge in [0, 0.05) is 17.1 Å². The molecule has 1 aromatic heterocycles. The minimum atomic E-state index is -3.98. The first-order valence-electron chi connectivity index (χ1n) is 8.96. The number of nitrogen functional groups attached to an aromatic ring is 1. The van der Waals surface area contributed by atoms with Gasteiger partial charge in [0.2, 0.25) is 5.95 Å². The van der Waals surface area contributed by atoms with Gasteiger partial charge in [-0.25, -0.2) is 18.4 Å². The van der Waals surface area contributed by atoms with Crippen molar-refractivity contribution >= 4 is 67.4 Å². The summed E-state index contributed by atoms with van der Waals surface area (Å²) in [4.78, 5) is 8.13. The third kappa shape index (κ3) is 4.14. The van der Waals surface area contributed by atoms with Crippen LogP contribution in [0.15, 0.2) is 59.6 Å². The Kier molecular flexibility index (Phi) is 5.70. The smallest absolute Gasteiger partial charge is 0.263 e. The van der Waals surface area contributed by atoms with Gasteiger partial charge in [0.05, 0.1) is 26.3 Å². The predicted octanol–water partition coefficient (Wildman–Crippen LogP) is 5.95. The SMILES string of the molecule is Cc1cc(Cl)c(-c2ccc3nc(N)ncc3c2)c(Cl)c1NS(=O)(=O)c1ccccc1Cl. The van der Waals surface area contributed by atoms with E-state index in [9.17, 15) is 8.42 Å². The van der Waals surface area contributed by atoms with Gasteiger partial charge in [0.25, 0.3) is 10.0 Å². The van der Waals surface area contributed by atoms with Gasteiger partial charge in [-0.2, -0.15) is 0 Å². The van der Waals surface area contributed by atoms with Gasteiger partial charge < -0.3 is 5.73 Å². The number of hydrogen-bond acceptors (Lipinski definition) is 5. The molecule has 0 fully saturated rings. The highest BCUT2D eigenvalue weighted by Crippen LogP contribution is 2.43. The molecule has 0 bridgehead atoms. The van der Waals surface area contributed by atoms with Crippen LogP contribution < -0.4 is 10.5 Å². The molecule has 0 atom stereocenters. The van der Waals surface area contributed by atoms with Crippen LogP contribution in [0.1, 0.15) is 5.56 Å². The molecule has 0 spiro atoms. The quantitative estimate of drug-likeness (QED) is 0.366. The molecule has 4 rings (SSSR count). The van der Waals surface area contributed by atoms with E-state index >= 15 is 0 Å². The molecule has 10 heteroatoms. The average molecular weight is 494 g/mol. The second-order valence-corrected chi connectivity index (χ2v) is 9.62. The predicted molar refractivity (Wildman–Crippen MR) is 126 cm³/mol. The van der Waals surface area contributed by atoms with Crippen LogP contribution in [0.25, 0.3) is 22.0 Å². The van der Waals surface area contributed by atoms with Crippen LogP contribution in [0.5, 0.6) is 0 Å². The molecule has 6 nitrogen and oxygen atoms in total. The molecule has 0 amide bonds. The van der Waals surface area contributed by atoms with Gasteiger partial charge in [-0.05, 0) is 48.4 Å². The summed E-state index contributed by atoms with van der Waals surface area (Å²) in [5, 5.41) is 1.37. The molecule has 31 heavy (non-hydrogen) atoms. The summed E-state index contributed by atoms with van der Waals surface area (Å²) in [6.45, 7) is 1.71. The van der Waals surface area contributed by atoms with Crippen molar-refractivity contribution in [1.82, 2.24) is 9.97 Å². The summed E-state index contributed by atoms with van der Waals surface area (Å²) in [6.07, 6.45) is 1.60. The largest absolute Gasteiger partial charge is 0.368 e. The first-order valence-corrected chi connectivity index (χ1v) is 11.6. The maximum atomic E-state index is 13.0. The van der Waals surface area contributed by atoms with E-state index in [1.54, 1.807) is 43.5 Å². The van der Waals surface area contributed by atoms with Gasteiger partial charge in [0.15, 0.2) is 0 Å². The van der Waals surface area contributed by atoms with Crippen LogP contribution >= 0.6 is 34.8 Å². The van der Waals surface area contributed by atoms with E-state index < -0.39 is 10.0 Å². The van der Waals surface area contributed by atoms with Gasteiger partial charge in [-0.15, -0.1) is 0 Å². The monoisotopic (exact) mass is 492 g/mol. The molecule has 0 radical (unpaired) electrons. The zero-order chi connectivity index (χ0) is 22.3. The Morgan fingerprint density at radius 2 is 1.74 bits per heavy atom. The normalized spacial score (nSPS) is 11.6. The van der Waals surface area contributed by atoms with Crippen LogP contribution in [-0.4, -0.2) is 18.4 Å². The Balaban J connectivity index is 1.85. The van der Waals surface area contributed by atoms with Crippen molar-refractivity contribution in [2.75, 3.05) is 10.5 Å². The molecule has 1 heterocycles. The first kappa shape index (κ1) is 21.6. The van der Waals surface area contributed by atoms with Gasteiger partial charge in [0.1, 0.15) is 4.90 Å². The fourth-order valence-corrected chi connectivity index (χ4v) is 5.73. The molecule has 0 saturated heterocycles. The molecule has 0 aliphatic heterocycles. The van der Waals surface area contributed by atoms with Crippen LogP contribution in [0.2, 0.25) is 15.1 Å². The second-order valence-electron chi connectivity index (χ2n) is 6.78. The van der Waals surface area contributed by atoms with E-state index in [0.717, 1.165) is 5.39 Å². The Hall–Kier alpha value is -2.58. The van der Waals surface area contributed by atoms with Crippen LogP contribution in [0.4, 0.5) is 11.6 Å². The zero-order valence-corrected chi connectivity index (χ0v) is 19.1. The number of nitrogens with two attached hydrogens (primary N) is 1. The van der Waals surface area contributed by atoms with Crippen LogP contribution in [0, 0.1) is 6.92 Å². The van der Waals surface area contributed by atoms with Crippen molar-refractivity contribution in [3.63, 3.8) is 0 Å². The maximum absolute atomic E-state index is 13.0. The zero-order valence-electron chi connectivity index (χ0n) is 16.0. The van der Waals surface area contributed by atoms with Gasteiger partial charge in [-0.3, -0.25) is 4.72 Å². The van der Waals surface area contributed by atoms with Gasteiger partial charge in [-0.1, -0.05) is 53.0 Å². The van der Waals surface area contributed by atoms with Crippen molar-refractivity contribution in [1.29, 1.82) is 0 Å². The molecule has 0 saturated carbocycles. The number of aromatic nitrogens is 2. The lowest BCUT2D eigenvalue weighted by Gasteiger charge is -2.17. The number of hydrogen-bond donors (Lipinski definition) is 2. The third-order valence-corrected chi connectivity index (χ3v) is 7.19. The fraction of sp³-hybridized carbons (Fsp3) is 0.0476. The lowest BCUT2D eigenvalue weighted by Crippen LogP contribution is -2.15. The van der Waals surface area contributed by atoms with E-state index in [4.69, 9.17) is 40.5 Å². The van der Waals surface area contributed by atoms with Crippen molar-refractivity contribution < 1.29 is 8.42 Å². The summed E-state index contributed by atoms with van der Waals surface area (Å²) < 4.78 is 28.5. The number of rotatable bonds is 4. The molecule has 0 unspecified atom stereocenters. The molecular weight excluding hydrogens is 479 g/mol. The standard InChI is InChI=1S/C21H15Cl3N4O2S/c1-11-8-15(23)18(12-6-7-16-13(9-12)10-26-21(25)27-16)19(24)20(11)28-31(29,30)17-5-3-2-4-14(17)22/h2-10,28H,1H3,(H2,25,26,27). The molecule has 4 aromatic rings. The molecule has 0 aliphatic rings. The summed E-state index contributed by atoms with van der Waals surface area (Å²) in [5.74, 6) is 0.169. The maximum Gasteiger partial charge on any atom is 0.263 e. The van der Waals surface area contributed by atoms with E-state index in [0.29, 0.717) is 27.2 Å². The minimum absolute atomic E-state index is 0.0518. The minimum Gasteiger partial charge on any atom is -0.368 e. The van der Waals surface area contributed by atoms with Crippen LogP contribution in [-0.2, 0) is 10.0 Å². The second kappa shape index (κ2) is 8.16. The third-order valence-electron chi connectivity index (χ3n) is 4.67. The Morgan fingerprint density at radius 3 is 2.48 bits per heavy atom. The number of sulfonamides is 1. The number of halogens is 3. The topological polar surface area (TPSA) is 98.0 Å². The summed E-state index contributed by atoms with van der Waals surface area (Å²) in [5.41, 5.74) is 8.23. The fourth-order valence-electron chi connectivity index (χ4n) is 3.18. The highest BCUT2D eigenvalue weighted by Gasteiger charge is 2.23. The molecule has 3 N–H and O–H groups in total. The summed E-state index contributed by atoms with van der Waals surface area (Å²) in [6, 6.07) is 13.2. The molecule has 158 valence electrons. The molecule has 3 aromatic carbocycles.